The van der Waals surface area contributed by atoms with Crippen LogP contribution in [0.25, 0.3) is 0 Å². The molecule has 0 aliphatic rings. The monoisotopic (exact) mass is 233 g/mol. The molecule has 1 N–H and O–H groups in total. The number of aromatic nitrogens is 1. The maximum Gasteiger partial charge on any atom is 0.343 e. The molecular weight excluding hydrogens is 221 g/mol. The van der Waals surface area contributed by atoms with Gasteiger partial charge >= 0.3 is 5.97 Å². The number of carbonyl (C=O) groups excluding carboxylic acids is 1. The van der Waals surface area contributed by atoms with E-state index in [4.69, 9.17) is 0 Å². The summed E-state index contributed by atoms with van der Waals surface area (Å²) in [7, 11) is 0. The van der Waals surface area contributed by atoms with Crippen LogP contribution in [0.1, 0.15) is 23.7 Å². The Morgan fingerprint density at radius 1 is 1.80 bits per heavy atom. The quantitative estimate of drug-likeness (QED) is 0.798. The second-order valence-electron chi connectivity index (χ2n) is 2.89. The van der Waals surface area contributed by atoms with Crippen LogP contribution in [0, 0.1) is 6.92 Å². The van der Waals surface area contributed by atoms with Crippen LogP contribution in [0.15, 0.2) is 5.38 Å². The molecule has 0 fully saturated rings. The topological polar surface area (TPSA) is 59.4 Å². The van der Waals surface area contributed by atoms with Gasteiger partial charge in [0.25, 0.3) is 0 Å². The molecule has 2 atom stereocenters. The van der Waals surface area contributed by atoms with Gasteiger partial charge in [-0.15, -0.1) is 11.3 Å². The first kappa shape index (κ1) is 12.1. The van der Waals surface area contributed by atoms with Gasteiger partial charge in [-0.25, -0.2) is 14.2 Å². The minimum atomic E-state index is -2.08. The van der Waals surface area contributed by atoms with Crippen molar-refractivity contribution in [2.45, 2.75) is 26.1 Å². The maximum atomic E-state index is 13.3. The first-order chi connectivity index (χ1) is 7.06. The number of aliphatic hydroxyl groups excluding tert-OH is 1. The minimum absolute atomic E-state index is 0.0854. The molecule has 1 aromatic heterocycles. The van der Waals surface area contributed by atoms with Gasteiger partial charge in [-0.1, -0.05) is 0 Å². The average Bonchev–Trinajstić information content (AvgIpc) is 2.63. The number of alkyl halides is 1. The summed E-state index contributed by atoms with van der Waals surface area (Å²) in [6.07, 6.45) is -3.62. The van der Waals surface area contributed by atoms with Crippen LogP contribution in [-0.4, -0.2) is 28.8 Å². The van der Waals surface area contributed by atoms with Gasteiger partial charge in [-0.3, -0.25) is 0 Å². The number of nitrogens with zero attached hydrogens (tertiary/aromatic N) is 1. The highest BCUT2D eigenvalue weighted by molar-refractivity contribution is 7.09. The third-order valence-corrected chi connectivity index (χ3v) is 2.52. The molecule has 0 radical (unpaired) electrons. The Kier molecular flexibility index (Phi) is 4.16. The van der Waals surface area contributed by atoms with E-state index in [-0.39, 0.29) is 12.3 Å². The lowest BCUT2D eigenvalue weighted by atomic mass is 10.2. The lowest BCUT2D eigenvalue weighted by Gasteiger charge is -2.12. The average molecular weight is 233 g/mol. The van der Waals surface area contributed by atoms with E-state index in [0.717, 1.165) is 0 Å². The standard InChI is InChI=1S/C9H12FNO3S/c1-3-14-9(13)7(10)8(12)6-4-15-5(2)11-6/h4,7-8,12H,3H2,1-2H3. The minimum Gasteiger partial charge on any atom is -0.464 e. The number of hydrogen-bond donors (Lipinski definition) is 1. The van der Waals surface area contributed by atoms with Gasteiger partial charge in [0.05, 0.1) is 17.3 Å². The Morgan fingerprint density at radius 3 is 2.93 bits per heavy atom. The second-order valence-corrected chi connectivity index (χ2v) is 3.95. The Morgan fingerprint density at radius 2 is 2.47 bits per heavy atom. The number of halogens is 1. The van der Waals surface area contributed by atoms with Gasteiger partial charge in [-0.2, -0.15) is 0 Å². The zero-order valence-electron chi connectivity index (χ0n) is 8.44. The molecule has 0 saturated heterocycles. The van der Waals surface area contributed by atoms with Crippen LogP contribution in [0.4, 0.5) is 4.39 Å². The molecule has 2 unspecified atom stereocenters. The Balaban J connectivity index is 2.67. The number of thiazole rings is 1. The fourth-order valence-electron chi connectivity index (χ4n) is 1.02. The van der Waals surface area contributed by atoms with E-state index in [1.165, 1.54) is 16.7 Å². The lowest BCUT2D eigenvalue weighted by Crippen LogP contribution is -2.26. The van der Waals surface area contributed by atoms with Crippen molar-refractivity contribution in [3.63, 3.8) is 0 Å². The molecule has 1 heterocycles. The number of carbonyl (C=O) groups is 1. The highest BCUT2D eigenvalue weighted by Crippen LogP contribution is 2.21. The first-order valence-electron chi connectivity index (χ1n) is 4.47. The number of esters is 1. The van der Waals surface area contributed by atoms with E-state index in [1.807, 2.05) is 0 Å². The van der Waals surface area contributed by atoms with E-state index in [9.17, 15) is 14.3 Å². The molecule has 84 valence electrons. The molecule has 4 nitrogen and oxygen atoms in total. The van der Waals surface area contributed by atoms with E-state index in [1.54, 1.807) is 13.8 Å². The molecule has 0 amide bonds. The summed E-state index contributed by atoms with van der Waals surface area (Å²) >= 11 is 1.29. The number of ether oxygens (including phenoxy) is 1. The van der Waals surface area contributed by atoms with Crippen LogP contribution in [-0.2, 0) is 9.53 Å². The molecule has 0 aromatic carbocycles. The van der Waals surface area contributed by atoms with Crippen molar-refractivity contribution in [1.29, 1.82) is 0 Å². The van der Waals surface area contributed by atoms with Crippen LogP contribution < -0.4 is 0 Å². The zero-order valence-corrected chi connectivity index (χ0v) is 9.25. The Bertz CT molecular complexity index is 342. The highest BCUT2D eigenvalue weighted by Gasteiger charge is 2.30. The molecule has 6 heteroatoms. The van der Waals surface area contributed by atoms with Crippen LogP contribution >= 0.6 is 11.3 Å². The molecule has 1 rings (SSSR count). The molecule has 0 spiro atoms. The summed E-state index contributed by atoms with van der Waals surface area (Å²) in [6.45, 7) is 3.39. The Hall–Kier alpha value is -1.01. The van der Waals surface area contributed by atoms with Crippen molar-refractivity contribution in [2.24, 2.45) is 0 Å². The van der Waals surface area contributed by atoms with Gasteiger partial charge < -0.3 is 9.84 Å². The third kappa shape index (κ3) is 2.97. The predicted molar refractivity (Wildman–Crippen MR) is 53.3 cm³/mol. The van der Waals surface area contributed by atoms with E-state index < -0.39 is 18.2 Å². The summed E-state index contributed by atoms with van der Waals surface area (Å²) in [5.41, 5.74) is 0.165. The largest absolute Gasteiger partial charge is 0.464 e. The van der Waals surface area contributed by atoms with Crippen molar-refractivity contribution >= 4 is 17.3 Å². The number of aliphatic hydroxyl groups is 1. The summed E-state index contributed by atoms with van der Waals surface area (Å²) in [4.78, 5) is 14.9. The summed E-state index contributed by atoms with van der Waals surface area (Å²) in [6, 6.07) is 0. The van der Waals surface area contributed by atoms with E-state index in [2.05, 4.69) is 9.72 Å². The molecule has 15 heavy (non-hydrogen) atoms. The predicted octanol–water partition coefficient (Wildman–Crippen LogP) is 1.39. The van der Waals surface area contributed by atoms with Crippen molar-refractivity contribution < 1.29 is 19.0 Å². The third-order valence-electron chi connectivity index (χ3n) is 1.73. The van der Waals surface area contributed by atoms with Crippen LogP contribution in [0.3, 0.4) is 0 Å². The molecule has 0 aliphatic heterocycles. The van der Waals surface area contributed by atoms with Gasteiger partial charge in [-0.05, 0) is 13.8 Å². The smallest absolute Gasteiger partial charge is 0.343 e. The Labute approximate surface area is 90.7 Å². The SMILES string of the molecule is CCOC(=O)C(F)C(O)c1csc(C)n1. The van der Waals surface area contributed by atoms with Gasteiger partial charge in [0.1, 0.15) is 6.10 Å². The first-order valence-corrected chi connectivity index (χ1v) is 5.35. The number of aryl methyl sites for hydroxylation is 1. The number of rotatable bonds is 4. The van der Waals surface area contributed by atoms with Gasteiger partial charge in [0.15, 0.2) is 0 Å². The molecular formula is C9H12FNO3S. The van der Waals surface area contributed by atoms with E-state index >= 15 is 0 Å². The zero-order chi connectivity index (χ0) is 11.4. The van der Waals surface area contributed by atoms with Gasteiger partial charge in [0.2, 0.25) is 6.17 Å². The van der Waals surface area contributed by atoms with Crippen molar-refractivity contribution in [3.05, 3.63) is 16.1 Å². The molecule has 0 saturated carbocycles. The lowest BCUT2D eigenvalue weighted by molar-refractivity contribution is -0.153. The van der Waals surface area contributed by atoms with Crippen molar-refractivity contribution in [3.8, 4) is 0 Å². The summed E-state index contributed by atoms with van der Waals surface area (Å²) in [5.74, 6) is -1.06. The van der Waals surface area contributed by atoms with Crippen LogP contribution in [0.2, 0.25) is 0 Å². The van der Waals surface area contributed by atoms with Gasteiger partial charge in [0, 0.05) is 5.38 Å². The highest BCUT2D eigenvalue weighted by atomic mass is 32.1. The fraction of sp³-hybridized carbons (Fsp3) is 0.556. The summed E-state index contributed by atoms with van der Waals surface area (Å²) < 4.78 is 17.8. The molecule has 0 bridgehead atoms. The van der Waals surface area contributed by atoms with E-state index in [0.29, 0.717) is 5.01 Å². The molecule has 0 aliphatic carbocycles. The number of hydrogen-bond acceptors (Lipinski definition) is 5. The second kappa shape index (κ2) is 5.18. The van der Waals surface area contributed by atoms with Crippen molar-refractivity contribution in [2.75, 3.05) is 6.61 Å². The summed E-state index contributed by atoms with van der Waals surface area (Å²) in [5, 5.41) is 11.7. The fourth-order valence-corrected chi connectivity index (χ4v) is 1.66. The van der Waals surface area contributed by atoms with Crippen molar-refractivity contribution in [1.82, 2.24) is 4.98 Å². The molecule has 1 aromatic rings. The maximum absolute atomic E-state index is 13.3. The normalized spacial score (nSPS) is 14.7. The van der Waals surface area contributed by atoms with Crippen LogP contribution in [0.5, 0.6) is 0 Å².